The molecule has 1 heterocycles. The van der Waals surface area contributed by atoms with Gasteiger partial charge in [0.1, 0.15) is 0 Å². The van der Waals surface area contributed by atoms with Crippen molar-refractivity contribution in [1.82, 2.24) is 10.2 Å². The highest BCUT2D eigenvalue weighted by Gasteiger charge is 2.13. The zero-order chi connectivity index (χ0) is 18.0. The molecule has 130 valence electrons. The molecular weight excluding hydrogens is 328 g/mol. The van der Waals surface area contributed by atoms with Crippen molar-refractivity contribution in [2.24, 2.45) is 0 Å². The van der Waals surface area contributed by atoms with Gasteiger partial charge in [0.05, 0.1) is 0 Å². The fraction of sp³-hybridized carbons (Fsp3) is 0.333. The molecule has 0 bridgehead atoms. The topological polar surface area (TPSA) is 38.9 Å². The first-order valence-corrected chi connectivity index (χ1v) is 9.44. The van der Waals surface area contributed by atoms with Gasteiger partial charge < -0.3 is 4.42 Å². The summed E-state index contributed by atoms with van der Waals surface area (Å²) in [5, 5.41) is 8.97. The molecule has 2 aromatic carbocycles. The number of nitrogens with zero attached hydrogens (tertiary/aromatic N) is 2. The van der Waals surface area contributed by atoms with E-state index in [-0.39, 0.29) is 5.41 Å². The molecule has 0 saturated heterocycles. The maximum Gasteiger partial charge on any atom is 0.277 e. The van der Waals surface area contributed by atoms with Gasteiger partial charge >= 0.3 is 0 Å². The molecule has 0 spiro atoms. The van der Waals surface area contributed by atoms with E-state index < -0.39 is 0 Å². The molecule has 0 saturated carbocycles. The van der Waals surface area contributed by atoms with E-state index in [2.05, 4.69) is 87.3 Å². The van der Waals surface area contributed by atoms with Crippen LogP contribution in [0.5, 0.6) is 0 Å². The van der Waals surface area contributed by atoms with Crippen molar-refractivity contribution in [3.63, 3.8) is 0 Å². The smallest absolute Gasteiger partial charge is 0.277 e. The van der Waals surface area contributed by atoms with Gasteiger partial charge in [-0.25, -0.2) is 0 Å². The van der Waals surface area contributed by atoms with Crippen LogP contribution in [-0.4, -0.2) is 10.2 Å². The van der Waals surface area contributed by atoms with Crippen LogP contribution in [0.3, 0.4) is 0 Å². The third-order valence-electron chi connectivity index (χ3n) is 4.06. The van der Waals surface area contributed by atoms with Gasteiger partial charge in [-0.05, 0) is 42.5 Å². The van der Waals surface area contributed by atoms with Crippen LogP contribution in [0, 0.1) is 13.8 Å². The van der Waals surface area contributed by atoms with Crippen molar-refractivity contribution in [3.05, 3.63) is 64.7 Å². The lowest BCUT2D eigenvalue weighted by Crippen LogP contribution is -2.10. The number of thioether (sulfide) groups is 1. The Morgan fingerprint density at radius 2 is 1.56 bits per heavy atom. The van der Waals surface area contributed by atoms with Crippen molar-refractivity contribution in [3.8, 4) is 11.5 Å². The maximum absolute atomic E-state index is 5.82. The summed E-state index contributed by atoms with van der Waals surface area (Å²) >= 11 is 1.57. The quantitative estimate of drug-likeness (QED) is 0.544. The molecule has 0 radical (unpaired) electrons. The molecule has 3 rings (SSSR count). The first-order valence-electron chi connectivity index (χ1n) is 8.46. The molecule has 0 amide bonds. The molecular formula is C21H24N2OS. The molecule has 0 atom stereocenters. The monoisotopic (exact) mass is 352 g/mol. The van der Waals surface area contributed by atoms with Gasteiger partial charge in [-0.1, -0.05) is 74.0 Å². The third-order valence-corrected chi connectivity index (χ3v) is 4.95. The Balaban J connectivity index is 1.67. The summed E-state index contributed by atoms with van der Waals surface area (Å²) in [7, 11) is 0. The van der Waals surface area contributed by atoms with Crippen LogP contribution in [0.15, 0.2) is 52.1 Å². The van der Waals surface area contributed by atoms with Gasteiger partial charge in [-0.15, -0.1) is 10.2 Å². The first-order chi connectivity index (χ1) is 11.8. The molecule has 25 heavy (non-hydrogen) atoms. The highest BCUT2D eigenvalue weighted by molar-refractivity contribution is 7.98. The van der Waals surface area contributed by atoms with E-state index in [1.54, 1.807) is 11.8 Å². The summed E-state index contributed by atoms with van der Waals surface area (Å²) in [6.07, 6.45) is 0. The Bertz CT molecular complexity index is 840. The second kappa shape index (κ2) is 7.04. The first kappa shape index (κ1) is 17.7. The number of hydrogen-bond donors (Lipinski definition) is 0. The number of rotatable bonds is 4. The van der Waals surface area contributed by atoms with E-state index in [9.17, 15) is 0 Å². The van der Waals surface area contributed by atoms with Crippen molar-refractivity contribution in [1.29, 1.82) is 0 Å². The number of hydrogen-bond acceptors (Lipinski definition) is 4. The molecule has 0 aliphatic heterocycles. The molecule has 0 fully saturated rings. The minimum absolute atomic E-state index is 0.180. The van der Waals surface area contributed by atoms with E-state index in [0.717, 1.165) is 11.3 Å². The molecule has 3 nitrogen and oxygen atoms in total. The van der Waals surface area contributed by atoms with Gasteiger partial charge in [0.15, 0.2) is 0 Å². The van der Waals surface area contributed by atoms with Crippen LogP contribution in [-0.2, 0) is 11.2 Å². The number of aryl methyl sites for hydroxylation is 2. The van der Waals surface area contributed by atoms with E-state index in [1.165, 1.54) is 22.3 Å². The van der Waals surface area contributed by atoms with Crippen LogP contribution >= 0.6 is 11.8 Å². The SMILES string of the molecule is Cc1cc(C)cc(-c2nnc(SCc3ccc(C(C)(C)C)cc3)o2)c1. The second-order valence-corrected chi connectivity index (χ2v) is 8.41. The average Bonchev–Trinajstić information content (AvgIpc) is 3.00. The van der Waals surface area contributed by atoms with Gasteiger partial charge in [0, 0.05) is 11.3 Å². The van der Waals surface area contributed by atoms with Crippen LogP contribution in [0.4, 0.5) is 0 Å². The lowest BCUT2D eigenvalue weighted by Gasteiger charge is -2.19. The van der Waals surface area contributed by atoms with Crippen LogP contribution in [0.1, 0.15) is 43.0 Å². The second-order valence-electron chi connectivity index (χ2n) is 7.49. The van der Waals surface area contributed by atoms with E-state index in [0.29, 0.717) is 11.1 Å². The molecule has 0 aliphatic carbocycles. The van der Waals surface area contributed by atoms with Gasteiger partial charge in [-0.3, -0.25) is 0 Å². The standard InChI is InChI=1S/C21H24N2OS/c1-14-10-15(2)12-17(11-14)19-22-23-20(24-19)25-13-16-6-8-18(9-7-16)21(3,4)5/h6-12H,13H2,1-5H3. The molecule has 4 heteroatoms. The summed E-state index contributed by atoms with van der Waals surface area (Å²) in [5.41, 5.74) is 6.15. The zero-order valence-electron chi connectivity index (χ0n) is 15.5. The third kappa shape index (κ3) is 4.51. The normalized spacial score (nSPS) is 11.7. The van der Waals surface area contributed by atoms with Crippen molar-refractivity contribution in [2.45, 2.75) is 51.0 Å². The van der Waals surface area contributed by atoms with Crippen molar-refractivity contribution >= 4 is 11.8 Å². The molecule has 0 N–H and O–H groups in total. The minimum atomic E-state index is 0.180. The number of aromatic nitrogens is 2. The summed E-state index contributed by atoms with van der Waals surface area (Å²) < 4.78 is 5.82. The van der Waals surface area contributed by atoms with E-state index >= 15 is 0 Å². The molecule has 0 aliphatic rings. The number of benzene rings is 2. The predicted octanol–water partition coefficient (Wildman–Crippen LogP) is 5.94. The summed E-state index contributed by atoms with van der Waals surface area (Å²) in [6.45, 7) is 10.8. The van der Waals surface area contributed by atoms with Crippen molar-refractivity contribution in [2.75, 3.05) is 0 Å². The predicted molar refractivity (Wildman–Crippen MR) is 104 cm³/mol. The van der Waals surface area contributed by atoms with E-state index in [4.69, 9.17) is 4.42 Å². The maximum atomic E-state index is 5.82. The lowest BCUT2D eigenvalue weighted by molar-refractivity contribution is 0.466. The Labute approximate surface area is 153 Å². The zero-order valence-corrected chi connectivity index (χ0v) is 16.3. The van der Waals surface area contributed by atoms with Crippen LogP contribution < -0.4 is 0 Å². The minimum Gasteiger partial charge on any atom is -0.411 e. The Hall–Kier alpha value is -2.07. The van der Waals surface area contributed by atoms with Gasteiger partial charge in [0.25, 0.3) is 5.22 Å². The Morgan fingerprint density at radius 1 is 0.920 bits per heavy atom. The fourth-order valence-electron chi connectivity index (χ4n) is 2.73. The highest BCUT2D eigenvalue weighted by atomic mass is 32.2. The van der Waals surface area contributed by atoms with Gasteiger partial charge in [-0.2, -0.15) is 0 Å². The Kier molecular flexibility index (Phi) is 5.00. The summed E-state index contributed by atoms with van der Waals surface area (Å²) in [5.74, 6) is 1.40. The molecule has 0 unspecified atom stereocenters. The van der Waals surface area contributed by atoms with E-state index in [1.807, 2.05) is 0 Å². The molecule has 1 aromatic heterocycles. The molecule has 3 aromatic rings. The largest absolute Gasteiger partial charge is 0.411 e. The van der Waals surface area contributed by atoms with Crippen molar-refractivity contribution < 1.29 is 4.42 Å². The highest BCUT2D eigenvalue weighted by Crippen LogP contribution is 2.28. The van der Waals surface area contributed by atoms with Crippen LogP contribution in [0.25, 0.3) is 11.5 Å². The average molecular weight is 353 g/mol. The summed E-state index contributed by atoms with van der Waals surface area (Å²) in [4.78, 5) is 0. The van der Waals surface area contributed by atoms with Gasteiger partial charge in [0.2, 0.25) is 5.89 Å². The summed E-state index contributed by atoms with van der Waals surface area (Å²) in [6, 6.07) is 15.0. The lowest BCUT2D eigenvalue weighted by atomic mass is 9.87. The Morgan fingerprint density at radius 3 is 2.16 bits per heavy atom. The fourth-order valence-corrected chi connectivity index (χ4v) is 3.45. The van der Waals surface area contributed by atoms with Crippen LogP contribution in [0.2, 0.25) is 0 Å².